The van der Waals surface area contributed by atoms with Crippen molar-refractivity contribution in [2.75, 3.05) is 10.6 Å². The normalized spacial score (nSPS) is 11.3. The van der Waals surface area contributed by atoms with E-state index in [0.29, 0.717) is 23.4 Å². The molecule has 0 atom stereocenters. The zero-order valence-corrected chi connectivity index (χ0v) is 20.4. The number of nitrogens with one attached hydrogen (secondary N) is 2. The molecule has 0 aliphatic carbocycles. The molecule has 38 heavy (non-hydrogen) atoms. The summed E-state index contributed by atoms with van der Waals surface area (Å²) in [5.41, 5.74) is 5.91. The number of alkyl halides is 3. The second-order valence-electron chi connectivity index (χ2n) is 8.01. The number of rotatable bonds is 6. The fourth-order valence-electron chi connectivity index (χ4n) is 3.61. The van der Waals surface area contributed by atoms with E-state index in [4.69, 9.17) is 17.3 Å². The molecule has 0 fully saturated rings. The molecule has 0 bridgehead atoms. The summed E-state index contributed by atoms with van der Waals surface area (Å²) in [4.78, 5) is 28.0. The van der Waals surface area contributed by atoms with Crippen molar-refractivity contribution >= 4 is 34.9 Å². The first-order chi connectivity index (χ1) is 18.0. The van der Waals surface area contributed by atoms with Gasteiger partial charge < -0.3 is 16.4 Å². The molecule has 0 spiro atoms. The van der Waals surface area contributed by atoms with E-state index in [-0.39, 0.29) is 27.7 Å². The van der Waals surface area contributed by atoms with E-state index in [1.54, 1.807) is 16.9 Å². The molecule has 196 valence electrons. The average Bonchev–Trinajstić information content (AvgIpc) is 3.30. The summed E-state index contributed by atoms with van der Waals surface area (Å²) in [5, 5.41) is 9.27. The third-order valence-corrected chi connectivity index (χ3v) is 5.82. The molecule has 3 amide bonds. The molecule has 0 unspecified atom stereocenters. The maximum Gasteiger partial charge on any atom is 0.416 e. The number of halogens is 5. The molecular formula is C25H19ClF4N6O2. The number of carbonyl (C=O) groups is 2. The Kier molecular flexibility index (Phi) is 7.35. The van der Waals surface area contributed by atoms with Crippen LogP contribution in [0.15, 0.2) is 60.9 Å². The van der Waals surface area contributed by atoms with Crippen LogP contribution in [0.2, 0.25) is 5.02 Å². The van der Waals surface area contributed by atoms with Crippen LogP contribution in [0.4, 0.5) is 33.7 Å². The number of amides is 3. The number of pyridine rings is 1. The Balaban J connectivity index is 1.67. The van der Waals surface area contributed by atoms with Gasteiger partial charge in [-0.3, -0.25) is 14.5 Å². The van der Waals surface area contributed by atoms with Gasteiger partial charge in [0.25, 0.3) is 5.91 Å². The summed E-state index contributed by atoms with van der Waals surface area (Å²) in [6, 6.07) is 8.16. The highest BCUT2D eigenvalue weighted by molar-refractivity contribution is 6.36. The first-order valence-corrected chi connectivity index (χ1v) is 11.4. The van der Waals surface area contributed by atoms with Gasteiger partial charge in [0.05, 0.1) is 16.3 Å². The Morgan fingerprint density at radius 2 is 1.76 bits per heavy atom. The molecule has 2 aromatic carbocycles. The largest absolute Gasteiger partial charge is 0.416 e. The molecule has 0 aliphatic heterocycles. The van der Waals surface area contributed by atoms with Gasteiger partial charge in [-0.05, 0) is 55.5 Å². The van der Waals surface area contributed by atoms with Crippen molar-refractivity contribution in [2.45, 2.75) is 19.6 Å². The van der Waals surface area contributed by atoms with E-state index >= 15 is 0 Å². The zero-order valence-electron chi connectivity index (χ0n) is 19.6. The maximum atomic E-state index is 14.7. The fourth-order valence-corrected chi connectivity index (χ4v) is 3.87. The highest BCUT2D eigenvalue weighted by Gasteiger charge is 2.30. The molecule has 0 saturated carbocycles. The summed E-state index contributed by atoms with van der Waals surface area (Å²) in [6.45, 7) is 2.31. The number of urea groups is 1. The van der Waals surface area contributed by atoms with Crippen LogP contribution in [-0.2, 0) is 12.7 Å². The predicted molar refractivity (Wildman–Crippen MR) is 134 cm³/mol. The number of aromatic nitrogens is 3. The maximum absolute atomic E-state index is 14.7. The van der Waals surface area contributed by atoms with Crippen molar-refractivity contribution in [3.63, 3.8) is 0 Å². The van der Waals surface area contributed by atoms with Crippen molar-refractivity contribution in [3.05, 3.63) is 83.0 Å². The molecule has 4 aromatic rings. The number of anilines is 2. The average molecular weight is 547 g/mol. The fraction of sp³-hybridized carbons (Fsp3) is 0.120. The molecule has 0 aliphatic rings. The van der Waals surface area contributed by atoms with E-state index in [2.05, 4.69) is 20.7 Å². The van der Waals surface area contributed by atoms with Crippen molar-refractivity contribution in [2.24, 2.45) is 5.73 Å². The number of aryl methyl sites for hydroxylation is 1. The van der Waals surface area contributed by atoms with Crippen LogP contribution in [0.5, 0.6) is 0 Å². The summed E-state index contributed by atoms with van der Waals surface area (Å²) in [5.74, 6) is -1.46. The topological polar surface area (TPSA) is 115 Å². The lowest BCUT2D eigenvalue weighted by Crippen LogP contribution is -2.20. The Hall–Kier alpha value is -4.45. The molecule has 8 nitrogen and oxygen atoms in total. The highest BCUT2D eigenvalue weighted by Crippen LogP contribution is 2.39. The molecule has 13 heteroatoms. The van der Waals surface area contributed by atoms with Gasteiger partial charge in [-0.25, -0.2) is 9.18 Å². The Labute approximate surface area is 218 Å². The molecule has 4 N–H and O–H groups in total. The van der Waals surface area contributed by atoms with Crippen LogP contribution in [0.3, 0.4) is 0 Å². The van der Waals surface area contributed by atoms with Gasteiger partial charge in [0.15, 0.2) is 0 Å². The first kappa shape index (κ1) is 26.6. The second-order valence-corrected chi connectivity index (χ2v) is 8.39. The van der Waals surface area contributed by atoms with E-state index in [1.807, 2.05) is 6.92 Å². The smallest absolute Gasteiger partial charge is 0.364 e. The van der Waals surface area contributed by atoms with Crippen LogP contribution >= 0.6 is 11.6 Å². The van der Waals surface area contributed by atoms with Crippen molar-refractivity contribution in [1.29, 1.82) is 0 Å². The zero-order chi connectivity index (χ0) is 27.6. The van der Waals surface area contributed by atoms with Gasteiger partial charge in [-0.1, -0.05) is 11.6 Å². The first-order valence-electron chi connectivity index (χ1n) is 11.0. The number of nitrogens with zero attached hydrogens (tertiary/aromatic N) is 3. The number of carbonyl (C=O) groups excluding carboxylic acids is 2. The minimum Gasteiger partial charge on any atom is -0.364 e. The molecular weight excluding hydrogens is 528 g/mol. The van der Waals surface area contributed by atoms with Gasteiger partial charge in [-0.2, -0.15) is 18.3 Å². The van der Waals surface area contributed by atoms with Gasteiger partial charge >= 0.3 is 12.2 Å². The molecule has 0 saturated heterocycles. The van der Waals surface area contributed by atoms with E-state index < -0.39 is 29.5 Å². The van der Waals surface area contributed by atoms with Crippen LogP contribution in [0.1, 0.15) is 23.0 Å². The van der Waals surface area contributed by atoms with Crippen LogP contribution in [0, 0.1) is 5.82 Å². The van der Waals surface area contributed by atoms with Crippen molar-refractivity contribution in [1.82, 2.24) is 14.8 Å². The summed E-state index contributed by atoms with van der Waals surface area (Å²) in [6.07, 6.45) is -1.50. The number of nitrogens with two attached hydrogens (primary N) is 1. The third-order valence-electron chi connectivity index (χ3n) is 5.42. The molecule has 4 rings (SSSR count). The summed E-state index contributed by atoms with van der Waals surface area (Å²) in [7, 11) is 0. The SMILES string of the molecule is CCn1cc(-c2cc(F)cc(NC(=O)Nc3ccc(C(F)(F)F)cc3)c2Cl)c(-c2ccnc(C(N)=O)c2)n1. The number of benzene rings is 2. The summed E-state index contributed by atoms with van der Waals surface area (Å²) < 4.78 is 54.6. The predicted octanol–water partition coefficient (Wildman–Crippen LogP) is 6.19. The van der Waals surface area contributed by atoms with E-state index in [0.717, 1.165) is 36.4 Å². The Morgan fingerprint density at radius 1 is 1.05 bits per heavy atom. The van der Waals surface area contributed by atoms with Gasteiger partial charge in [0.2, 0.25) is 0 Å². The lowest BCUT2D eigenvalue weighted by molar-refractivity contribution is -0.137. The van der Waals surface area contributed by atoms with Gasteiger partial charge in [0.1, 0.15) is 17.2 Å². The standard InChI is InChI=1S/C25H19ClF4N6O2/c1-2-36-12-18(22(35-36)13-7-8-32-20(9-13)23(31)37)17-10-15(27)11-19(21(17)26)34-24(38)33-16-5-3-14(4-6-16)25(28,29)30/h3-12H,2H2,1H3,(H2,31,37)(H2,33,34,38). The molecule has 2 heterocycles. The monoisotopic (exact) mass is 546 g/mol. The lowest BCUT2D eigenvalue weighted by atomic mass is 10.0. The Bertz CT molecular complexity index is 1520. The molecule has 0 radical (unpaired) electrons. The van der Waals surface area contributed by atoms with E-state index in [9.17, 15) is 27.2 Å². The van der Waals surface area contributed by atoms with Crippen LogP contribution < -0.4 is 16.4 Å². The van der Waals surface area contributed by atoms with Gasteiger partial charge in [0, 0.05) is 41.3 Å². The van der Waals surface area contributed by atoms with Crippen molar-refractivity contribution < 1.29 is 27.2 Å². The lowest BCUT2D eigenvalue weighted by Gasteiger charge is -2.13. The quantitative estimate of drug-likeness (QED) is 0.250. The molecule has 2 aromatic heterocycles. The van der Waals surface area contributed by atoms with Gasteiger partial charge in [-0.15, -0.1) is 0 Å². The summed E-state index contributed by atoms with van der Waals surface area (Å²) >= 11 is 6.57. The third kappa shape index (κ3) is 5.75. The minimum absolute atomic E-state index is 0.00660. The number of hydrogen-bond acceptors (Lipinski definition) is 4. The minimum atomic E-state index is -4.52. The Morgan fingerprint density at radius 3 is 2.39 bits per heavy atom. The van der Waals surface area contributed by atoms with E-state index in [1.165, 1.54) is 12.3 Å². The number of hydrogen-bond donors (Lipinski definition) is 3. The van der Waals surface area contributed by atoms with Crippen molar-refractivity contribution in [3.8, 4) is 22.4 Å². The number of primary amides is 1. The van der Waals surface area contributed by atoms with Crippen LogP contribution in [-0.4, -0.2) is 26.7 Å². The second kappa shape index (κ2) is 10.5. The van der Waals surface area contributed by atoms with Crippen LogP contribution in [0.25, 0.3) is 22.4 Å². The highest BCUT2D eigenvalue weighted by atomic mass is 35.5.